The molecule has 0 radical (unpaired) electrons. The molecule has 2 aliphatic heterocycles. The van der Waals surface area contributed by atoms with E-state index in [1.807, 2.05) is 0 Å². The van der Waals surface area contributed by atoms with Gasteiger partial charge in [-0.25, -0.2) is 13.2 Å². The van der Waals surface area contributed by atoms with Gasteiger partial charge in [-0.2, -0.15) is 4.31 Å². The predicted molar refractivity (Wildman–Crippen MR) is 85.8 cm³/mol. The van der Waals surface area contributed by atoms with E-state index >= 15 is 0 Å². The summed E-state index contributed by atoms with van der Waals surface area (Å²) in [5.41, 5.74) is 0.901. The molecule has 2 aliphatic rings. The molecule has 0 amide bonds. The van der Waals surface area contributed by atoms with Crippen LogP contribution in [0.2, 0.25) is 0 Å². The zero-order valence-electron chi connectivity index (χ0n) is 13.4. The number of aryl methyl sites for hydroxylation is 1. The molecule has 3 rings (SSSR count). The maximum absolute atomic E-state index is 13.0. The number of nitrogens with one attached hydrogen (secondary N) is 1. The third kappa shape index (κ3) is 3.00. The molecule has 0 aliphatic carbocycles. The van der Waals surface area contributed by atoms with Crippen LogP contribution in [0.25, 0.3) is 0 Å². The van der Waals surface area contributed by atoms with Gasteiger partial charge in [0.25, 0.3) is 0 Å². The van der Waals surface area contributed by atoms with Crippen molar-refractivity contribution in [2.75, 3.05) is 26.7 Å². The fourth-order valence-corrected chi connectivity index (χ4v) is 5.26. The summed E-state index contributed by atoms with van der Waals surface area (Å²) < 4.78 is 32.3. The van der Waals surface area contributed by atoms with Crippen LogP contribution in [0.4, 0.5) is 0 Å². The first kappa shape index (κ1) is 16.4. The van der Waals surface area contributed by atoms with E-state index < -0.39 is 16.0 Å². The van der Waals surface area contributed by atoms with Crippen molar-refractivity contribution in [1.29, 1.82) is 0 Å². The average molecular weight is 338 g/mol. The Balaban J connectivity index is 1.91. The van der Waals surface area contributed by atoms with Crippen molar-refractivity contribution < 1.29 is 17.9 Å². The summed E-state index contributed by atoms with van der Waals surface area (Å²) in [5, 5.41) is 3.43. The largest absolute Gasteiger partial charge is 0.465 e. The number of carbonyl (C=O) groups is 1. The minimum atomic E-state index is -3.60. The summed E-state index contributed by atoms with van der Waals surface area (Å²) in [6, 6.07) is 5.11. The van der Waals surface area contributed by atoms with Gasteiger partial charge in [0.05, 0.1) is 17.6 Å². The highest BCUT2D eigenvalue weighted by Gasteiger charge is 2.38. The first-order valence-electron chi connectivity index (χ1n) is 7.86. The first-order valence-corrected chi connectivity index (χ1v) is 9.30. The maximum atomic E-state index is 13.0. The molecule has 2 atom stereocenters. The molecule has 2 unspecified atom stereocenters. The van der Waals surface area contributed by atoms with Crippen molar-refractivity contribution in [2.24, 2.45) is 5.92 Å². The number of carbonyl (C=O) groups excluding carboxylic acids is 1. The van der Waals surface area contributed by atoms with Crippen LogP contribution < -0.4 is 5.32 Å². The Morgan fingerprint density at radius 2 is 2.13 bits per heavy atom. The number of piperidine rings is 1. The summed E-state index contributed by atoms with van der Waals surface area (Å²) in [4.78, 5) is 11.9. The van der Waals surface area contributed by atoms with E-state index in [1.54, 1.807) is 23.4 Å². The molecular weight excluding hydrogens is 316 g/mol. The lowest BCUT2D eigenvalue weighted by atomic mass is 9.95. The highest BCUT2D eigenvalue weighted by atomic mass is 32.2. The van der Waals surface area contributed by atoms with Crippen molar-refractivity contribution in [1.82, 2.24) is 9.62 Å². The second-order valence-electron chi connectivity index (χ2n) is 6.23. The van der Waals surface area contributed by atoms with Gasteiger partial charge in [-0.3, -0.25) is 0 Å². The van der Waals surface area contributed by atoms with Gasteiger partial charge >= 0.3 is 5.97 Å². The van der Waals surface area contributed by atoms with Gasteiger partial charge in [0, 0.05) is 19.1 Å². The fraction of sp³-hybridized carbons (Fsp3) is 0.562. The molecule has 0 bridgehead atoms. The lowest BCUT2D eigenvalue weighted by Gasteiger charge is -2.34. The van der Waals surface area contributed by atoms with E-state index in [0.29, 0.717) is 30.6 Å². The number of nitrogens with zero attached hydrogens (tertiary/aromatic N) is 1. The predicted octanol–water partition coefficient (Wildman–Crippen LogP) is 1.15. The number of fused-ring (bicyclic) bond motifs is 1. The molecule has 6 nitrogen and oxygen atoms in total. The molecule has 0 spiro atoms. The Morgan fingerprint density at radius 3 is 2.87 bits per heavy atom. The van der Waals surface area contributed by atoms with Gasteiger partial charge in [-0.1, -0.05) is 6.07 Å². The fourth-order valence-electron chi connectivity index (χ4n) is 3.49. The third-order valence-electron chi connectivity index (χ3n) is 4.85. The maximum Gasteiger partial charge on any atom is 0.337 e. The van der Waals surface area contributed by atoms with Crippen molar-refractivity contribution in [2.45, 2.75) is 30.7 Å². The van der Waals surface area contributed by atoms with Gasteiger partial charge in [-0.05, 0) is 49.9 Å². The van der Waals surface area contributed by atoms with Crippen molar-refractivity contribution in [3.63, 3.8) is 0 Å². The Labute approximate surface area is 136 Å². The van der Waals surface area contributed by atoms with E-state index in [0.717, 1.165) is 19.4 Å². The summed E-state index contributed by atoms with van der Waals surface area (Å²) in [6.45, 7) is 3.76. The highest BCUT2D eigenvalue weighted by molar-refractivity contribution is 7.89. The Morgan fingerprint density at radius 1 is 1.35 bits per heavy atom. The number of ether oxygens (including phenoxy) is 1. The summed E-state index contributed by atoms with van der Waals surface area (Å²) in [7, 11) is -2.31. The average Bonchev–Trinajstić information content (AvgIpc) is 3.02. The van der Waals surface area contributed by atoms with Gasteiger partial charge in [-0.15, -0.1) is 0 Å². The smallest absolute Gasteiger partial charge is 0.337 e. The molecule has 1 aromatic carbocycles. The number of sulfonamides is 1. The second kappa shape index (κ2) is 6.22. The number of hydrogen-bond acceptors (Lipinski definition) is 5. The van der Waals surface area contributed by atoms with E-state index in [1.165, 1.54) is 13.2 Å². The molecule has 2 saturated heterocycles. The highest BCUT2D eigenvalue weighted by Crippen LogP contribution is 2.30. The monoisotopic (exact) mass is 338 g/mol. The van der Waals surface area contributed by atoms with Crippen LogP contribution >= 0.6 is 0 Å². The molecule has 23 heavy (non-hydrogen) atoms. The van der Waals surface area contributed by atoms with Gasteiger partial charge in [0.2, 0.25) is 10.0 Å². The zero-order valence-corrected chi connectivity index (χ0v) is 14.2. The van der Waals surface area contributed by atoms with Crippen LogP contribution in [0.3, 0.4) is 0 Å². The molecule has 2 heterocycles. The number of benzene rings is 1. The Kier molecular flexibility index (Phi) is 4.44. The van der Waals surface area contributed by atoms with Gasteiger partial charge < -0.3 is 10.1 Å². The van der Waals surface area contributed by atoms with E-state index in [2.05, 4.69) is 5.32 Å². The lowest BCUT2D eigenvalue weighted by molar-refractivity contribution is 0.0600. The van der Waals surface area contributed by atoms with Gasteiger partial charge in [0.15, 0.2) is 0 Å². The van der Waals surface area contributed by atoms with Crippen LogP contribution in [-0.4, -0.2) is 51.5 Å². The molecule has 2 fully saturated rings. The third-order valence-corrected chi connectivity index (χ3v) is 6.85. The summed E-state index contributed by atoms with van der Waals surface area (Å²) in [6.07, 6.45) is 1.84. The van der Waals surface area contributed by atoms with E-state index in [4.69, 9.17) is 4.74 Å². The molecule has 1 N–H and O–H groups in total. The molecule has 1 aromatic rings. The van der Waals surface area contributed by atoms with Crippen molar-refractivity contribution in [3.05, 3.63) is 29.3 Å². The lowest BCUT2D eigenvalue weighted by Crippen LogP contribution is -2.46. The topological polar surface area (TPSA) is 75.7 Å². The molecule has 126 valence electrons. The Bertz CT molecular complexity index is 717. The standard InChI is InChI=1S/C16H22N2O4S/c1-11-3-4-12(16(19)22-2)9-15(11)23(20,21)18-8-6-14-13(10-18)5-7-17-14/h3-4,9,13-14,17H,5-8,10H2,1-2H3. The van der Waals surface area contributed by atoms with Crippen LogP contribution in [0, 0.1) is 12.8 Å². The second-order valence-corrected chi connectivity index (χ2v) is 8.14. The van der Waals surface area contributed by atoms with Crippen LogP contribution in [0.5, 0.6) is 0 Å². The quantitative estimate of drug-likeness (QED) is 0.837. The molecule has 0 saturated carbocycles. The molecule has 0 aromatic heterocycles. The summed E-state index contributed by atoms with van der Waals surface area (Å²) in [5.74, 6) is -0.150. The van der Waals surface area contributed by atoms with Crippen LogP contribution in [0.15, 0.2) is 23.1 Å². The number of rotatable bonds is 3. The van der Waals surface area contributed by atoms with E-state index in [-0.39, 0.29) is 10.5 Å². The normalized spacial score (nSPS) is 25.1. The molecule has 7 heteroatoms. The number of hydrogen-bond donors (Lipinski definition) is 1. The van der Waals surface area contributed by atoms with Crippen LogP contribution in [0.1, 0.15) is 28.8 Å². The molecular formula is C16H22N2O4S. The summed E-state index contributed by atoms with van der Waals surface area (Å²) >= 11 is 0. The number of esters is 1. The van der Waals surface area contributed by atoms with E-state index in [9.17, 15) is 13.2 Å². The Hall–Kier alpha value is -1.44. The van der Waals surface area contributed by atoms with Crippen molar-refractivity contribution >= 4 is 16.0 Å². The minimum absolute atomic E-state index is 0.199. The zero-order chi connectivity index (χ0) is 16.6. The van der Waals surface area contributed by atoms with Crippen molar-refractivity contribution in [3.8, 4) is 0 Å². The SMILES string of the molecule is COC(=O)c1ccc(C)c(S(=O)(=O)N2CCC3NCCC3C2)c1. The first-order chi connectivity index (χ1) is 10.9. The minimum Gasteiger partial charge on any atom is -0.465 e. The van der Waals surface area contributed by atoms with Crippen LogP contribution in [-0.2, 0) is 14.8 Å². The number of methoxy groups -OCH3 is 1. The van der Waals surface area contributed by atoms with Gasteiger partial charge in [0.1, 0.15) is 0 Å².